The molecule has 1 atom stereocenters. The van der Waals surface area contributed by atoms with Crippen molar-refractivity contribution in [3.05, 3.63) is 11.8 Å². The summed E-state index contributed by atoms with van der Waals surface area (Å²) in [7, 11) is 0. The first-order valence-corrected chi connectivity index (χ1v) is 17.4. The normalized spacial score (nSPS) is 14.8. The molecule has 0 radical (unpaired) electrons. The Morgan fingerprint density at radius 3 is 1.79 bits per heavy atom. The number of carbonyl (C=O) groups excluding carboxylic acids is 1. The quantitative estimate of drug-likeness (QED) is 0.506. The van der Waals surface area contributed by atoms with Gasteiger partial charge in [-0.1, -0.05) is 0 Å². The molecule has 1 amide bonds. The molecule has 0 rings (SSSR count). The number of rotatable bonds is 5. The van der Waals surface area contributed by atoms with E-state index in [4.69, 9.17) is 4.74 Å². The molecule has 0 spiro atoms. The molecule has 0 aromatic rings. The summed E-state index contributed by atoms with van der Waals surface area (Å²) in [4.78, 5) is 21.1. The average Bonchev–Trinajstić information content (AvgIpc) is 2.13. The second kappa shape index (κ2) is 7.55. The van der Waals surface area contributed by atoms with Crippen molar-refractivity contribution < 1.29 is 9.53 Å². The average molecular weight is 376 g/mol. The van der Waals surface area contributed by atoms with Crippen molar-refractivity contribution in [3.8, 4) is 0 Å². The van der Waals surface area contributed by atoms with Crippen LogP contribution in [0.3, 0.4) is 0 Å². The van der Waals surface area contributed by atoms with Crippen LogP contribution in [0.1, 0.15) is 41.5 Å². The Morgan fingerprint density at radius 2 is 1.47 bits per heavy atom. The number of nitrogens with zero attached hydrogens (tertiary/aromatic N) is 1. The fraction of sp³-hybridized carbons (Fsp3) is 0.800. The van der Waals surface area contributed by atoms with Crippen LogP contribution in [0.25, 0.3) is 0 Å². The Bertz CT molecular complexity index is 322. The molecule has 0 aliphatic carbocycles. The van der Waals surface area contributed by atoms with Gasteiger partial charge in [-0.2, -0.15) is 0 Å². The van der Waals surface area contributed by atoms with E-state index in [-0.39, 0.29) is 18.2 Å². The molecule has 1 unspecified atom stereocenters. The number of ether oxygens (including phenoxy) is 1. The van der Waals surface area contributed by atoms with Crippen LogP contribution in [-0.2, 0) is 4.74 Å². The van der Waals surface area contributed by atoms with Gasteiger partial charge in [-0.3, -0.25) is 0 Å². The molecule has 4 heteroatoms. The third-order valence-electron chi connectivity index (χ3n) is 3.42. The van der Waals surface area contributed by atoms with E-state index >= 15 is 0 Å². The fourth-order valence-corrected chi connectivity index (χ4v) is 3.94. The predicted molar refractivity (Wildman–Crippen MR) is 85.1 cm³/mol. The van der Waals surface area contributed by atoms with Crippen LogP contribution >= 0.6 is 0 Å². The number of carbonyl (C=O) groups is 1. The van der Waals surface area contributed by atoms with Crippen molar-refractivity contribution in [2.24, 2.45) is 0 Å². The Labute approximate surface area is 123 Å². The number of amides is 1. The van der Waals surface area contributed by atoms with Gasteiger partial charge in [0.15, 0.2) is 0 Å². The number of allylic oxidation sites excluding steroid dienone is 2. The third kappa shape index (κ3) is 6.68. The van der Waals surface area contributed by atoms with Crippen LogP contribution in [0, 0.1) is 0 Å². The Balaban J connectivity index is 4.76. The first-order valence-electron chi connectivity index (χ1n) is 7.15. The van der Waals surface area contributed by atoms with Crippen molar-refractivity contribution in [1.82, 2.24) is 4.90 Å². The Morgan fingerprint density at radius 1 is 1.05 bits per heavy atom. The van der Waals surface area contributed by atoms with E-state index < -0.39 is 18.4 Å². The molecule has 0 saturated carbocycles. The molecule has 0 aliphatic heterocycles. The summed E-state index contributed by atoms with van der Waals surface area (Å²) in [5.74, 6) is 0.732. The van der Waals surface area contributed by atoms with Crippen LogP contribution in [0.15, 0.2) is 11.8 Å². The predicted octanol–water partition coefficient (Wildman–Crippen LogP) is 4.87. The van der Waals surface area contributed by atoms with Crippen molar-refractivity contribution in [2.75, 3.05) is 0 Å². The zero-order valence-corrected chi connectivity index (χ0v) is 16.9. The van der Waals surface area contributed by atoms with E-state index in [2.05, 4.69) is 27.8 Å². The fourth-order valence-electron chi connectivity index (χ4n) is 1.84. The maximum absolute atomic E-state index is 12.1. The molecule has 112 valence electrons. The van der Waals surface area contributed by atoms with Gasteiger partial charge in [-0.15, -0.1) is 0 Å². The molecule has 0 heterocycles. The molecule has 0 N–H and O–H groups in total. The minimum atomic E-state index is -1.94. The summed E-state index contributed by atoms with van der Waals surface area (Å²) in [6.07, 6.45) is 1.88. The molecular weight excluding hydrogens is 345 g/mol. The van der Waals surface area contributed by atoms with Gasteiger partial charge in [0.1, 0.15) is 0 Å². The SMILES string of the molecule is C/C(=C/[CH](C)[Sn]([CH3])([CH3])[CH3])OC(=O)N(C(C)C)C(C)C. The zero-order valence-electron chi connectivity index (χ0n) is 14.1. The van der Waals surface area contributed by atoms with E-state index in [1.807, 2.05) is 34.6 Å². The van der Waals surface area contributed by atoms with Crippen LogP contribution in [-0.4, -0.2) is 41.5 Å². The van der Waals surface area contributed by atoms with E-state index in [1.165, 1.54) is 0 Å². The molecule has 0 aromatic heterocycles. The first kappa shape index (κ1) is 18.8. The Hall–Kier alpha value is -0.191. The topological polar surface area (TPSA) is 29.5 Å². The van der Waals surface area contributed by atoms with Crippen LogP contribution in [0.4, 0.5) is 4.79 Å². The summed E-state index contributed by atoms with van der Waals surface area (Å²) in [6, 6.07) is 0.305. The molecule has 19 heavy (non-hydrogen) atoms. The van der Waals surface area contributed by atoms with Crippen molar-refractivity contribution in [3.63, 3.8) is 0 Å². The van der Waals surface area contributed by atoms with E-state index in [0.717, 1.165) is 5.76 Å². The van der Waals surface area contributed by atoms with Gasteiger partial charge in [0.2, 0.25) is 0 Å². The number of hydrogen-bond acceptors (Lipinski definition) is 2. The maximum atomic E-state index is 12.1. The third-order valence-corrected chi connectivity index (χ3v) is 11.7. The summed E-state index contributed by atoms with van der Waals surface area (Å²) >= 11 is -1.94. The van der Waals surface area contributed by atoms with Gasteiger partial charge in [0, 0.05) is 0 Å². The molecule has 0 bridgehead atoms. The van der Waals surface area contributed by atoms with Crippen molar-refractivity contribution in [1.29, 1.82) is 0 Å². The minimum absolute atomic E-state index is 0.152. The van der Waals surface area contributed by atoms with E-state index in [9.17, 15) is 4.79 Å². The standard InChI is InChI=1S/C12H22NO2.3CH3.Sn/c1-7-8-11(6)15-12(14)13(9(2)3)10(4)5;;;;/h7-10H,1-6H3;3*1H3;/b11-8-;;;;. The molecule has 0 aliphatic rings. The van der Waals surface area contributed by atoms with Crippen LogP contribution < -0.4 is 0 Å². The molecule has 0 saturated heterocycles. The van der Waals surface area contributed by atoms with Gasteiger partial charge in [-0.05, 0) is 0 Å². The monoisotopic (exact) mass is 377 g/mol. The number of hydrogen-bond donors (Lipinski definition) is 0. The zero-order chi connectivity index (χ0) is 15.4. The second-order valence-corrected chi connectivity index (χ2v) is 23.0. The molecular formula is C15H31NO2Sn. The van der Waals surface area contributed by atoms with Gasteiger partial charge in [0.05, 0.1) is 0 Å². The van der Waals surface area contributed by atoms with Crippen molar-refractivity contribution >= 4 is 24.5 Å². The van der Waals surface area contributed by atoms with Crippen molar-refractivity contribution in [2.45, 2.75) is 72.4 Å². The summed E-state index contributed by atoms with van der Waals surface area (Å²) in [6.45, 7) is 12.1. The second-order valence-electron chi connectivity index (χ2n) is 6.89. The van der Waals surface area contributed by atoms with Crippen LogP contribution in [0.5, 0.6) is 0 Å². The van der Waals surface area contributed by atoms with Gasteiger partial charge >= 0.3 is 123 Å². The van der Waals surface area contributed by atoms with E-state index in [1.54, 1.807) is 4.90 Å². The van der Waals surface area contributed by atoms with Gasteiger partial charge in [-0.25, -0.2) is 0 Å². The molecule has 0 aromatic carbocycles. The molecule has 3 nitrogen and oxygen atoms in total. The molecule has 0 fully saturated rings. The van der Waals surface area contributed by atoms with Gasteiger partial charge in [0.25, 0.3) is 0 Å². The van der Waals surface area contributed by atoms with Gasteiger partial charge < -0.3 is 0 Å². The van der Waals surface area contributed by atoms with E-state index in [0.29, 0.717) is 3.93 Å². The summed E-state index contributed by atoms with van der Waals surface area (Å²) in [5.41, 5.74) is 0. The summed E-state index contributed by atoms with van der Waals surface area (Å²) in [5, 5.41) is 0. The summed E-state index contributed by atoms with van der Waals surface area (Å²) < 4.78 is 6.05. The first-order chi connectivity index (χ1) is 8.46. The Kier molecular flexibility index (Phi) is 7.48. The van der Waals surface area contributed by atoms with Crippen LogP contribution in [0.2, 0.25) is 18.8 Å².